The van der Waals surface area contributed by atoms with Crippen molar-refractivity contribution < 1.29 is 22.7 Å². The molecule has 4 rings (SSSR count). The predicted molar refractivity (Wildman–Crippen MR) is 108 cm³/mol. The van der Waals surface area contributed by atoms with Gasteiger partial charge in [0.1, 0.15) is 17.4 Å². The van der Waals surface area contributed by atoms with E-state index in [1.165, 1.54) is 23.8 Å². The van der Waals surface area contributed by atoms with Crippen LogP contribution in [0, 0.1) is 0 Å². The highest BCUT2D eigenvalue weighted by atomic mass is 19.4. The Balaban J connectivity index is 1.49. The maximum Gasteiger partial charge on any atom is 0.573 e. The van der Waals surface area contributed by atoms with Crippen LogP contribution in [0.2, 0.25) is 0 Å². The van der Waals surface area contributed by atoms with Crippen LogP contribution in [0.1, 0.15) is 24.0 Å². The number of hydrogen-bond acceptors (Lipinski definition) is 4. The summed E-state index contributed by atoms with van der Waals surface area (Å²) in [6.07, 6.45) is -0.150. The average molecular weight is 412 g/mol. The van der Waals surface area contributed by atoms with Gasteiger partial charge in [-0.3, -0.25) is 4.79 Å². The lowest BCUT2D eigenvalue weighted by atomic mass is 9.97. The van der Waals surface area contributed by atoms with Gasteiger partial charge in [-0.05, 0) is 53.8 Å². The first-order chi connectivity index (χ1) is 14.4. The summed E-state index contributed by atoms with van der Waals surface area (Å²) in [5.41, 5.74) is 4.66. The Morgan fingerprint density at radius 1 is 0.933 bits per heavy atom. The number of aromatic nitrogens is 1. The smallest absolute Gasteiger partial charge is 0.406 e. The van der Waals surface area contributed by atoms with Gasteiger partial charge in [-0.25, -0.2) is 4.98 Å². The van der Waals surface area contributed by atoms with Crippen LogP contribution < -0.4 is 10.1 Å². The van der Waals surface area contributed by atoms with E-state index in [0.717, 1.165) is 29.5 Å². The molecule has 0 radical (unpaired) electrons. The normalized spacial score (nSPS) is 14.0. The summed E-state index contributed by atoms with van der Waals surface area (Å²) in [5.74, 6) is 0.485. The third-order valence-electron chi connectivity index (χ3n) is 4.93. The Hall–Kier alpha value is -3.35. The van der Waals surface area contributed by atoms with Gasteiger partial charge in [-0.2, -0.15) is 0 Å². The molecule has 1 aliphatic carbocycles. The minimum Gasteiger partial charge on any atom is -0.406 e. The van der Waals surface area contributed by atoms with Crippen molar-refractivity contribution in [2.45, 2.75) is 32.0 Å². The van der Waals surface area contributed by atoms with Gasteiger partial charge in [0.05, 0.1) is 0 Å². The molecule has 0 unspecified atom stereocenters. The topological polar surface area (TPSA) is 51.2 Å². The Labute approximate surface area is 171 Å². The molecule has 2 aromatic carbocycles. The summed E-state index contributed by atoms with van der Waals surface area (Å²) < 4.78 is 41.1. The molecule has 0 aliphatic heterocycles. The molecule has 0 saturated heterocycles. The van der Waals surface area contributed by atoms with Gasteiger partial charge in [0.15, 0.2) is 0 Å². The molecule has 154 valence electrons. The van der Waals surface area contributed by atoms with Gasteiger partial charge < -0.3 is 10.1 Å². The Morgan fingerprint density at radius 3 is 2.53 bits per heavy atom. The van der Waals surface area contributed by atoms with Crippen molar-refractivity contribution in [1.82, 2.24) is 4.98 Å². The van der Waals surface area contributed by atoms with E-state index in [0.29, 0.717) is 24.3 Å². The number of alkyl halides is 3. The molecule has 4 nitrogen and oxygen atoms in total. The average Bonchev–Trinajstić information content (AvgIpc) is 2.87. The number of fused-ring (bicyclic) bond motifs is 1. The van der Waals surface area contributed by atoms with Gasteiger partial charge in [-0.15, -0.1) is 13.2 Å². The minimum atomic E-state index is -4.74. The van der Waals surface area contributed by atoms with Gasteiger partial charge in [-0.1, -0.05) is 24.3 Å². The fourth-order valence-corrected chi connectivity index (χ4v) is 3.54. The van der Waals surface area contributed by atoms with Crippen LogP contribution in [0.4, 0.5) is 24.7 Å². The number of aryl methyl sites for hydroxylation is 1. The molecule has 0 saturated carbocycles. The van der Waals surface area contributed by atoms with Crippen LogP contribution in [0.25, 0.3) is 11.1 Å². The van der Waals surface area contributed by atoms with Gasteiger partial charge in [0.2, 0.25) is 0 Å². The molecule has 0 bridgehead atoms. The van der Waals surface area contributed by atoms with Crippen LogP contribution in [-0.4, -0.2) is 17.1 Å². The number of ketones is 1. The first-order valence-electron chi connectivity index (χ1n) is 9.58. The number of ether oxygens (including phenoxy) is 1. The van der Waals surface area contributed by atoms with E-state index in [2.05, 4.69) is 21.1 Å². The summed E-state index contributed by atoms with van der Waals surface area (Å²) in [4.78, 5) is 16.2. The van der Waals surface area contributed by atoms with Crippen LogP contribution in [-0.2, 0) is 17.6 Å². The molecular weight excluding hydrogens is 393 g/mol. The number of carbonyl (C=O) groups is 1. The number of nitrogens with zero attached hydrogens (tertiary/aromatic N) is 1. The zero-order valence-corrected chi connectivity index (χ0v) is 16.0. The summed E-state index contributed by atoms with van der Waals surface area (Å²) in [7, 11) is 0. The monoisotopic (exact) mass is 412 g/mol. The Kier molecular flexibility index (Phi) is 5.44. The Bertz CT molecular complexity index is 1060. The number of anilines is 2. The molecule has 1 N–H and O–H groups in total. The molecule has 7 heteroatoms. The molecule has 3 aromatic rings. The molecule has 1 heterocycles. The molecule has 30 heavy (non-hydrogen) atoms. The van der Waals surface area contributed by atoms with Crippen molar-refractivity contribution >= 4 is 17.3 Å². The number of pyridine rings is 1. The zero-order chi connectivity index (χ0) is 21.1. The van der Waals surface area contributed by atoms with E-state index in [1.807, 2.05) is 18.2 Å². The lowest BCUT2D eigenvalue weighted by molar-refractivity contribution is -0.274. The number of hydrogen-bond donors (Lipinski definition) is 1. The van der Waals surface area contributed by atoms with Crippen LogP contribution in [0.3, 0.4) is 0 Å². The second kappa shape index (κ2) is 8.18. The number of halogens is 3. The van der Waals surface area contributed by atoms with Crippen molar-refractivity contribution in [3.8, 4) is 16.9 Å². The highest BCUT2D eigenvalue weighted by Gasteiger charge is 2.31. The third-order valence-corrected chi connectivity index (χ3v) is 4.93. The number of nitrogens with one attached hydrogen (secondary N) is 1. The maximum absolute atomic E-state index is 12.4. The summed E-state index contributed by atoms with van der Waals surface area (Å²) >= 11 is 0. The lowest BCUT2D eigenvalue weighted by Crippen LogP contribution is -2.17. The second-order valence-corrected chi connectivity index (χ2v) is 7.19. The van der Waals surface area contributed by atoms with E-state index >= 15 is 0 Å². The summed E-state index contributed by atoms with van der Waals surface area (Å²) in [6.45, 7) is 0. The van der Waals surface area contributed by atoms with E-state index < -0.39 is 6.36 Å². The summed E-state index contributed by atoms with van der Waals surface area (Å²) in [5, 5.41) is 2.98. The van der Waals surface area contributed by atoms with Crippen LogP contribution in [0.15, 0.2) is 60.8 Å². The first-order valence-corrected chi connectivity index (χ1v) is 9.58. The van der Waals surface area contributed by atoms with Gasteiger partial charge in [0.25, 0.3) is 0 Å². The van der Waals surface area contributed by atoms with Crippen molar-refractivity contribution in [2.75, 3.05) is 5.32 Å². The van der Waals surface area contributed by atoms with Crippen LogP contribution >= 0.6 is 0 Å². The number of rotatable bonds is 4. The standard InChI is InChI=1S/C23H19F3N2O2/c24-23(25,26)30-21-6-2-4-19(13-21)28-22-10-9-18(14-27-22)16-7-8-17-12-20(29)5-1-3-15(17)11-16/h2,4,6-11,13-14H,1,3,5,12H2,(H,27,28). The maximum atomic E-state index is 12.4. The fourth-order valence-electron chi connectivity index (χ4n) is 3.54. The van der Waals surface area contributed by atoms with E-state index in [1.54, 1.807) is 18.3 Å². The molecule has 1 aromatic heterocycles. The molecule has 0 spiro atoms. The van der Waals surface area contributed by atoms with Crippen molar-refractivity contribution in [3.63, 3.8) is 0 Å². The van der Waals surface area contributed by atoms with E-state index in [-0.39, 0.29) is 11.5 Å². The van der Waals surface area contributed by atoms with E-state index in [9.17, 15) is 18.0 Å². The zero-order valence-electron chi connectivity index (χ0n) is 16.0. The lowest BCUT2D eigenvalue weighted by Gasteiger charge is -2.12. The third kappa shape index (κ3) is 4.97. The number of carbonyl (C=O) groups excluding carboxylic acids is 1. The first kappa shape index (κ1) is 19.9. The minimum absolute atomic E-state index is 0.281. The molecule has 0 amide bonds. The predicted octanol–water partition coefficient (Wildman–Crippen LogP) is 5.84. The quantitative estimate of drug-likeness (QED) is 0.547. The van der Waals surface area contributed by atoms with Crippen molar-refractivity contribution in [1.29, 1.82) is 0 Å². The largest absolute Gasteiger partial charge is 0.573 e. The molecular formula is C23H19F3N2O2. The van der Waals surface area contributed by atoms with Gasteiger partial charge >= 0.3 is 6.36 Å². The van der Waals surface area contributed by atoms with E-state index in [4.69, 9.17) is 0 Å². The van der Waals surface area contributed by atoms with Crippen molar-refractivity contribution in [2.24, 2.45) is 0 Å². The fraction of sp³-hybridized carbons (Fsp3) is 0.217. The highest BCUT2D eigenvalue weighted by Crippen LogP contribution is 2.28. The second-order valence-electron chi connectivity index (χ2n) is 7.19. The summed E-state index contributed by atoms with van der Waals surface area (Å²) in [6, 6.07) is 15.4. The molecule has 0 atom stereocenters. The number of Topliss-reactive ketones (excluding diaryl/α,β-unsaturated/α-hetero) is 1. The Morgan fingerprint density at radius 2 is 1.77 bits per heavy atom. The molecule has 1 aliphatic rings. The van der Waals surface area contributed by atoms with Crippen LogP contribution in [0.5, 0.6) is 5.75 Å². The van der Waals surface area contributed by atoms with Crippen molar-refractivity contribution in [3.05, 3.63) is 71.9 Å². The highest BCUT2D eigenvalue weighted by molar-refractivity contribution is 5.82. The number of benzene rings is 2. The van der Waals surface area contributed by atoms with Gasteiger partial charge in [0, 0.05) is 36.4 Å². The molecule has 0 fully saturated rings. The SMILES string of the molecule is O=C1CCCc2cc(-c3ccc(Nc4cccc(OC(F)(F)F)c4)nc3)ccc2C1.